The molecule has 0 saturated heterocycles. The van der Waals surface area contributed by atoms with Crippen LogP contribution in [0.3, 0.4) is 0 Å². The Bertz CT molecular complexity index is 633. The van der Waals surface area contributed by atoms with Crippen LogP contribution in [0, 0.1) is 12.7 Å². The Morgan fingerprint density at radius 2 is 2.05 bits per heavy atom. The van der Waals surface area contributed by atoms with E-state index in [2.05, 4.69) is 0 Å². The first-order valence-electron chi connectivity index (χ1n) is 6.26. The molecule has 1 aromatic carbocycles. The predicted octanol–water partition coefficient (Wildman–Crippen LogP) is 2.17. The maximum Gasteiger partial charge on any atom is 0.264 e. The van der Waals surface area contributed by atoms with Crippen molar-refractivity contribution in [3.05, 3.63) is 29.1 Å². The van der Waals surface area contributed by atoms with Crippen LogP contribution in [0.1, 0.15) is 22.8 Å². The van der Waals surface area contributed by atoms with E-state index in [0.717, 1.165) is 6.07 Å². The van der Waals surface area contributed by atoms with Gasteiger partial charge in [0.25, 0.3) is 15.0 Å². The van der Waals surface area contributed by atoms with Crippen molar-refractivity contribution >= 4 is 25.6 Å². The first-order valence-corrected chi connectivity index (χ1v) is 8.57. The molecule has 0 radical (unpaired) electrons. The van der Waals surface area contributed by atoms with Crippen molar-refractivity contribution in [1.82, 2.24) is 4.90 Å². The van der Waals surface area contributed by atoms with Gasteiger partial charge in [-0.15, -0.1) is 0 Å². The van der Waals surface area contributed by atoms with Crippen molar-refractivity contribution < 1.29 is 22.3 Å². The topological polar surface area (TPSA) is 63.7 Å². The van der Waals surface area contributed by atoms with Crippen molar-refractivity contribution in [1.29, 1.82) is 0 Å². The lowest BCUT2D eigenvalue weighted by molar-refractivity contribution is 0.0709. The molecule has 0 fully saturated rings. The van der Waals surface area contributed by atoms with Crippen LogP contribution in [0.15, 0.2) is 17.0 Å². The fourth-order valence-corrected chi connectivity index (χ4v) is 2.69. The van der Waals surface area contributed by atoms with Crippen LogP contribution in [0.25, 0.3) is 0 Å². The van der Waals surface area contributed by atoms with Crippen LogP contribution in [0.5, 0.6) is 0 Å². The maximum atomic E-state index is 13.8. The summed E-state index contributed by atoms with van der Waals surface area (Å²) in [5.41, 5.74) is 0.102. The number of benzene rings is 1. The van der Waals surface area contributed by atoms with Gasteiger partial charge in [-0.2, -0.15) is 0 Å². The fourth-order valence-electron chi connectivity index (χ4n) is 1.71. The van der Waals surface area contributed by atoms with Gasteiger partial charge in [-0.3, -0.25) is 4.79 Å². The lowest BCUT2D eigenvalue weighted by atomic mass is 10.1. The molecule has 1 amide bonds. The molecule has 118 valence electrons. The summed E-state index contributed by atoms with van der Waals surface area (Å²) in [5.74, 6) is -1.38. The van der Waals surface area contributed by atoms with Gasteiger partial charge in [-0.25, -0.2) is 12.8 Å². The second kappa shape index (κ2) is 7.20. The molecule has 0 heterocycles. The lowest BCUT2D eigenvalue weighted by Gasteiger charge is -2.18. The molecule has 0 atom stereocenters. The molecule has 5 nitrogen and oxygen atoms in total. The Labute approximate surface area is 128 Å². The number of rotatable bonds is 6. The molecule has 8 heteroatoms. The third-order valence-electron chi connectivity index (χ3n) is 2.85. The van der Waals surface area contributed by atoms with Crippen LogP contribution in [-0.4, -0.2) is 46.0 Å². The SMILES string of the molecule is CCOCCN(C)C(=O)c1cc(C)c(F)c(S(=O)(=O)Cl)c1. The molecule has 0 aromatic heterocycles. The fraction of sp³-hybridized carbons (Fsp3) is 0.462. The summed E-state index contributed by atoms with van der Waals surface area (Å²) in [7, 11) is 2.48. The summed E-state index contributed by atoms with van der Waals surface area (Å²) in [6.45, 7) is 4.44. The molecule has 0 aliphatic heterocycles. The van der Waals surface area contributed by atoms with Gasteiger partial charge in [0.15, 0.2) is 0 Å². The summed E-state index contributed by atoms with van der Waals surface area (Å²) < 4.78 is 41.6. The Morgan fingerprint density at radius 1 is 1.43 bits per heavy atom. The van der Waals surface area contributed by atoms with Gasteiger partial charge in [0.1, 0.15) is 10.7 Å². The maximum absolute atomic E-state index is 13.8. The highest BCUT2D eigenvalue weighted by molar-refractivity contribution is 8.13. The Morgan fingerprint density at radius 3 is 2.57 bits per heavy atom. The monoisotopic (exact) mass is 337 g/mol. The Kier molecular flexibility index (Phi) is 6.12. The number of hydrogen-bond donors (Lipinski definition) is 0. The van der Waals surface area contributed by atoms with Gasteiger partial charge < -0.3 is 9.64 Å². The van der Waals surface area contributed by atoms with Crippen LogP contribution >= 0.6 is 10.7 Å². The van der Waals surface area contributed by atoms with Gasteiger partial charge in [0, 0.05) is 36.4 Å². The summed E-state index contributed by atoms with van der Waals surface area (Å²) in [6.07, 6.45) is 0. The normalized spacial score (nSPS) is 11.5. The van der Waals surface area contributed by atoms with Crippen molar-refractivity contribution in [3.63, 3.8) is 0 Å². The quantitative estimate of drug-likeness (QED) is 0.589. The zero-order valence-corrected chi connectivity index (χ0v) is 13.6. The minimum Gasteiger partial charge on any atom is -0.380 e. The van der Waals surface area contributed by atoms with Gasteiger partial charge in [-0.1, -0.05) is 0 Å². The number of carbonyl (C=O) groups is 1. The Balaban J connectivity index is 3.09. The zero-order valence-electron chi connectivity index (χ0n) is 12.0. The van der Waals surface area contributed by atoms with Gasteiger partial charge in [-0.05, 0) is 31.5 Å². The summed E-state index contributed by atoms with van der Waals surface area (Å²) in [6, 6.07) is 2.24. The van der Waals surface area contributed by atoms with E-state index in [4.69, 9.17) is 15.4 Å². The first-order chi connectivity index (χ1) is 9.68. The number of carbonyl (C=O) groups excluding carboxylic acids is 1. The van der Waals surface area contributed by atoms with Crippen LogP contribution in [0.2, 0.25) is 0 Å². The molecule has 21 heavy (non-hydrogen) atoms. The zero-order chi connectivity index (χ0) is 16.2. The number of hydrogen-bond acceptors (Lipinski definition) is 4. The molecule has 0 aliphatic carbocycles. The van der Waals surface area contributed by atoms with Crippen LogP contribution in [0.4, 0.5) is 4.39 Å². The van der Waals surface area contributed by atoms with Crippen LogP contribution in [-0.2, 0) is 13.8 Å². The number of ether oxygens (including phenoxy) is 1. The second-order valence-electron chi connectivity index (χ2n) is 4.47. The smallest absolute Gasteiger partial charge is 0.264 e. The molecule has 0 spiro atoms. The second-order valence-corrected chi connectivity index (χ2v) is 7.00. The highest BCUT2D eigenvalue weighted by atomic mass is 35.7. The van der Waals surface area contributed by atoms with Gasteiger partial charge in [0.2, 0.25) is 0 Å². The number of halogens is 2. The predicted molar refractivity (Wildman–Crippen MR) is 77.6 cm³/mol. The highest BCUT2D eigenvalue weighted by Crippen LogP contribution is 2.24. The third kappa shape index (κ3) is 4.66. The first kappa shape index (κ1) is 17.9. The standard InChI is InChI=1S/C13H17ClFNO4S/c1-4-20-6-5-16(3)13(17)10-7-9(2)12(15)11(8-10)21(14,18)19/h7-8H,4-6H2,1-3H3. The van der Waals surface area contributed by atoms with E-state index < -0.39 is 25.7 Å². The molecule has 1 rings (SSSR count). The van der Waals surface area contributed by atoms with E-state index in [1.54, 1.807) is 7.05 Å². The molecule has 0 aliphatic rings. The van der Waals surface area contributed by atoms with E-state index >= 15 is 0 Å². The minimum atomic E-state index is -4.26. The Hall–Kier alpha value is -1.18. The summed E-state index contributed by atoms with van der Waals surface area (Å²) in [5, 5.41) is 0. The van der Waals surface area contributed by atoms with E-state index in [0.29, 0.717) is 19.8 Å². The lowest BCUT2D eigenvalue weighted by Crippen LogP contribution is -2.30. The number of amides is 1. The molecular weight excluding hydrogens is 321 g/mol. The van der Waals surface area contributed by atoms with E-state index in [-0.39, 0.29) is 11.1 Å². The largest absolute Gasteiger partial charge is 0.380 e. The average Bonchev–Trinajstić information content (AvgIpc) is 2.39. The molecule has 1 aromatic rings. The molecule has 0 bridgehead atoms. The molecule has 0 saturated carbocycles. The van der Waals surface area contributed by atoms with E-state index in [1.807, 2.05) is 6.92 Å². The minimum absolute atomic E-state index is 0.0401. The van der Waals surface area contributed by atoms with Gasteiger partial charge in [0.05, 0.1) is 6.61 Å². The molecule has 0 N–H and O–H groups in total. The van der Waals surface area contributed by atoms with Crippen molar-refractivity contribution in [2.24, 2.45) is 0 Å². The number of nitrogens with zero attached hydrogens (tertiary/aromatic N) is 1. The summed E-state index contributed by atoms with van der Waals surface area (Å²) >= 11 is 0. The molecular formula is C13H17ClFNO4S. The number of aryl methyl sites for hydroxylation is 1. The van der Waals surface area contributed by atoms with Crippen molar-refractivity contribution in [3.8, 4) is 0 Å². The molecule has 0 unspecified atom stereocenters. The van der Waals surface area contributed by atoms with Crippen molar-refractivity contribution in [2.45, 2.75) is 18.7 Å². The summed E-state index contributed by atoms with van der Waals surface area (Å²) in [4.78, 5) is 12.9. The van der Waals surface area contributed by atoms with E-state index in [9.17, 15) is 17.6 Å². The highest BCUT2D eigenvalue weighted by Gasteiger charge is 2.22. The average molecular weight is 338 g/mol. The van der Waals surface area contributed by atoms with Crippen LogP contribution < -0.4 is 0 Å². The number of likely N-dealkylation sites (N-methyl/N-ethyl adjacent to an activating group) is 1. The van der Waals surface area contributed by atoms with Crippen molar-refractivity contribution in [2.75, 3.05) is 26.8 Å². The third-order valence-corrected chi connectivity index (χ3v) is 4.17. The van der Waals surface area contributed by atoms with E-state index in [1.165, 1.54) is 17.9 Å². The van der Waals surface area contributed by atoms with Gasteiger partial charge >= 0.3 is 0 Å².